The van der Waals surface area contributed by atoms with Crippen molar-refractivity contribution in [2.24, 2.45) is 0 Å². The Bertz CT molecular complexity index is 1610. The molecule has 0 atom stereocenters. The molecule has 4 aromatic carbocycles. The molecule has 0 aliphatic heterocycles. The molecule has 0 bridgehead atoms. The van der Waals surface area contributed by atoms with Crippen molar-refractivity contribution in [2.45, 2.75) is 136 Å². The van der Waals surface area contributed by atoms with Crippen LogP contribution in [0.15, 0.2) is 36.4 Å². The van der Waals surface area contributed by atoms with E-state index in [1.807, 2.05) is 0 Å². The molecule has 0 fully saturated rings. The SMILES string of the molecule is CCCCCCCCOc1cc2c(cc1OC)c1cc(OC)c(OCCCCCCCC)cc1c1cc(OCCCCCCCC)c(OC)cc21. The minimum atomic E-state index is 0.659. The zero-order chi connectivity index (χ0) is 36.3. The summed E-state index contributed by atoms with van der Waals surface area (Å²) < 4.78 is 37.1. The molecule has 6 nitrogen and oxygen atoms in total. The van der Waals surface area contributed by atoms with Gasteiger partial charge in [0.2, 0.25) is 0 Å². The van der Waals surface area contributed by atoms with Crippen molar-refractivity contribution in [3.63, 3.8) is 0 Å². The summed E-state index contributed by atoms with van der Waals surface area (Å²) in [6, 6.07) is 12.8. The van der Waals surface area contributed by atoms with Crippen LogP contribution in [0.2, 0.25) is 0 Å². The molecule has 6 heteroatoms. The molecule has 0 radical (unpaired) electrons. The first-order valence-electron chi connectivity index (χ1n) is 20.2. The first-order valence-corrected chi connectivity index (χ1v) is 20.2. The maximum atomic E-state index is 6.43. The molecule has 0 heterocycles. The highest BCUT2D eigenvalue weighted by atomic mass is 16.5. The lowest BCUT2D eigenvalue weighted by Crippen LogP contribution is -2.02. The molecule has 282 valence electrons. The average molecular weight is 703 g/mol. The molecule has 0 spiro atoms. The van der Waals surface area contributed by atoms with Crippen LogP contribution in [-0.4, -0.2) is 41.2 Å². The Hall–Kier alpha value is -3.54. The third kappa shape index (κ3) is 11.5. The predicted octanol–water partition coefficient (Wildman–Crippen LogP) is 13.4. The summed E-state index contributed by atoms with van der Waals surface area (Å²) in [5.41, 5.74) is 0. The molecule has 0 saturated carbocycles. The number of ether oxygens (including phenoxy) is 6. The van der Waals surface area contributed by atoms with Crippen molar-refractivity contribution in [1.29, 1.82) is 0 Å². The van der Waals surface area contributed by atoms with Crippen molar-refractivity contribution >= 4 is 32.3 Å². The lowest BCUT2D eigenvalue weighted by Gasteiger charge is -2.19. The Labute approximate surface area is 308 Å². The third-order valence-corrected chi connectivity index (χ3v) is 10.0. The highest BCUT2D eigenvalue weighted by Gasteiger charge is 2.19. The molecular weight excluding hydrogens is 636 g/mol. The number of benzene rings is 4. The lowest BCUT2D eigenvalue weighted by atomic mass is 9.93. The minimum absolute atomic E-state index is 0.659. The van der Waals surface area contributed by atoms with E-state index in [1.165, 1.54) is 96.3 Å². The number of fused-ring (bicyclic) bond motifs is 6. The molecule has 0 unspecified atom stereocenters. The van der Waals surface area contributed by atoms with E-state index in [4.69, 9.17) is 28.4 Å². The Kier molecular flexibility index (Phi) is 17.7. The monoisotopic (exact) mass is 702 g/mol. The molecule has 0 saturated heterocycles. The van der Waals surface area contributed by atoms with Crippen LogP contribution in [0.3, 0.4) is 0 Å². The van der Waals surface area contributed by atoms with Crippen LogP contribution >= 0.6 is 0 Å². The highest BCUT2D eigenvalue weighted by molar-refractivity contribution is 6.26. The van der Waals surface area contributed by atoms with E-state index >= 15 is 0 Å². The maximum Gasteiger partial charge on any atom is 0.161 e. The number of rotatable bonds is 27. The van der Waals surface area contributed by atoms with E-state index in [9.17, 15) is 0 Å². The third-order valence-electron chi connectivity index (χ3n) is 10.0. The zero-order valence-electron chi connectivity index (χ0n) is 32.8. The summed E-state index contributed by atoms with van der Waals surface area (Å²) in [7, 11) is 5.16. The van der Waals surface area contributed by atoms with Gasteiger partial charge in [-0.05, 0) is 88.0 Å². The summed E-state index contributed by atoms with van der Waals surface area (Å²) in [4.78, 5) is 0. The molecule has 0 N–H and O–H groups in total. The second kappa shape index (κ2) is 22.4. The fourth-order valence-corrected chi connectivity index (χ4v) is 7.03. The van der Waals surface area contributed by atoms with Gasteiger partial charge in [-0.15, -0.1) is 0 Å². The summed E-state index contributed by atoms with van der Waals surface area (Å²) >= 11 is 0. The van der Waals surface area contributed by atoms with Crippen molar-refractivity contribution < 1.29 is 28.4 Å². The van der Waals surface area contributed by atoms with E-state index in [1.54, 1.807) is 21.3 Å². The summed E-state index contributed by atoms with van der Waals surface area (Å²) in [5.74, 6) is 4.46. The molecule has 0 aliphatic rings. The van der Waals surface area contributed by atoms with Gasteiger partial charge in [0.1, 0.15) is 0 Å². The molecule has 0 amide bonds. The predicted molar refractivity (Wildman–Crippen MR) is 215 cm³/mol. The fraction of sp³-hybridized carbons (Fsp3) is 0.600. The largest absolute Gasteiger partial charge is 0.493 e. The van der Waals surface area contributed by atoms with Crippen LogP contribution < -0.4 is 28.4 Å². The quantitative estimate of drug-likeness (QED) is 0.0455. The molecule has 0 aromatic heterocycles. The van der Waals surface area contributed by atoms with Crippen molar-refractivity contribution in [3.8, 4) is 34.5 Å². The molecule has 4 rings (SSSR count). The van der Waals surface area contributed by atoms with Gasteiger partial charge in [0.05, 0.1) is 41.2 Å². The van der Waals surface area contributed by atoms with Gasteiger partial charge in [-0.2, -0.15) is 0 Å². The number of unbranched alkanes of at least 4 members (excludes halogenated alkanes) is 15. The summed E-state index contributed by atoms with van der Waals surface area (Å²) in [6.07, 6.45) is 21.9. The van der Waals surface area contributed by atoms with E-state index in [0.717, 1.165) is 86.1 Å². The van der Waals surface area contributed by atoms with Crippen molar-refractivity contribution in [2.75, 3.05) is 41.2 Å². The maximum absolute atomic E-state index is 6.43. The lowest BCUT2D eigenvalue weighted by molar-refractivity contribution is 0.285. The van der Waals surface area contributed by atoms with Gasteiger partial charge in [0.25, 0.3) is 0 Å². The molecule has 51 heavy (non-hydrogen) atoms. The Morgan fingerprint density at radius 3 is 0.745 bits per heavy atom. The van der Waals surface area contributed by atoms with Gasteiger partial charge >= 0.3 is 0 Å². The normalized spacial score (nSPS) is 11.4. The van der Waals surface area contributed by atoms with Crippen LogP contribution in [0.4, 0.5) is 0 Å². The Balaban J connectivity index is 1.74. The second-order valence-electron chi connectivity index (χ2n) is 14.0. The molecule has 0 aliphatic carbocycles. The van der Waals surface area contributed by atoms with Crippen LogP contribution in [0.25, 0.3) is 32.3 Å². The first-order chi connectivity index (χ1) is 25.1. The van der Waals surface area contributed by atoms with Gasteiger partial charge in [0, 0.05) is 0 Å². The molecular formula is C45H66O6. The zero-order valence-corrected chi connectivity index (χ0v) is 32.8. The minimum Gasteiger partial charge on any atom is -0.493 e. The number of methoxy groups -OCH3 is 3. The second-order valence-corrected chi connectivity index (χ2v) is 14.0. The van der Waals surface area contributed by atoms with Crippen LogP contribution in [-0.2, 0) is 0 Å². The van der Waals surface area contributed by atoms with E-state index in [0.29, 0.717) is 19.8 Å². The first kappa shape index (κ1) is 40.2. The summed E-state index contributed by atoms with van der Waals surface area (Å²) in [6.45, 7) is 8.74. The van der Waals surface area contributed by atoms with Crippen molar-refractivity contribution in [1.82, 2.24) is 0 Å². The number of hydrogen-bond acceptors (Lipinski definition) is 6. The van der Waals surface area contributed by atoms with Gasteiger partial charge in [-0.25, -0.2) is 0 Å². The molecule has 4 aromatic rings. The van der Waals surface area contributed by atoms with Crippen LogP contribution in [0.1, 0.15) is 136 Å². The Morgan fingerprint density at radius 1 is 0.294 bits per heavy atom. The average Bonchev–Trinajstić information content (AvgIpc) is 3.16. The summed E-state index contributed by atoms with van der Waals surface area (Å²) in [5, 5.41) is 6.42. The fourth-order valence-electron chi connectivity index (χ4n) is 7.03. The van der Waals surface area contributed by atoms with Gasteiger partial charge in [-0.3, -0.25) is 0 Å². The number of hydrogen-bond donors (Lipinski definition) is 0. The van der Waals surface area contributed by atoms with Gasteiger partial charge < -0.3 is 28.4 Å². The van der Waals surface area contributed by atoms with E-state index in [2.05, 4.69) is 57.2 Å². The van der Waals surface area contributed by atoms with Crippen LogP contribution in [0, 0.1) is 0 Å². The smallest absolute Gasteiger partial charge is 0.161 e. The standard InChI is InChI=1S/C45H66O6/c1-7-10-13-16-19-22-25-49-43-31-37-34(28-40(43)46-4)35-29-41(47-5)44(50-26-23-20-17-14-11-8-2)32-38(35)39-33-45(42(48-6)30-36(37)39)51-27-24-21-18-15-12-9-3/h28-33H,7-27H2,1-6H3. The Morgan fingerprint density at radius 2 is 0.510 bits per heavy atom. The topological polar surface area (TPSA) is 55.4 Å². The van der Waals surface area contributed by atoms with Crippen LogP contribution in [0.5, 0.6) is 34.5 Å². The van der Waals surface area contributed by atoms with Gasteiger partial charge in [-0.1, -0.05) is 117 Å². The van der Waals surface area contributed by atoms with Crippen molar-refractivity contribution in [3.05, 3.63) is 36.4 Å². The van der Waals surface area contributed by atoms with E-state index in [-0.39, 0.29) is 0 Å². The van der Waals surface area contributed by atoms with Gasteiger partial charge in [0.15, 0.2) is 34.5 Å². The highest BCUT2D eigenvalue weighted by Crippen LogP contribution is 2.47. The van der Waals surface area contributed by atoms with E-state index < -0.39 is 0 Å².